The summed E-state index contributed by atoms with van der Waals surface area (Å²) in [5, 5.41) is 1.74. The van der Waals surface area contributed by atoms with Crippen molar-refractivity contribution in [3.63, 3.8) is 0 Å². The van der Waals surface area contributed by atoms with Crippen LogP contribution in [0.15, 0.2) is 34.1 Å². The van der Waals surface area contributed by atoms with Gasteiger partial charge in [0.25, 0.3) is 0 Å². The van der Waals surface area contributed by atoms with E-state index < -0.39 is 0 Å². The lowest BCUT2D eigenvalue weighted by Gasteiger charge is -2.27. The summed E-state index contributed by atoms with van der Waals surface area (Å²) < 4.78 is 0. The Labute approximate surface area is 103 Å². The van der Waals surface area contributed by atoms with Gasteiger partial charge in [-0.05, 0) is 25.0 Å². The summed E-state index contributed by atoms with van der Waals surface area (Å²) in [6, 6.07) is 8.87. The van der Waals surface area contributed by atoms with Gasteiger partial charge < -0.3 is 0 Å². The van der Waals surface area contributed by atoms with Gasteiger partial charge in [0.1, 0.15) is 0 Å². The second-order valence-electron chi connectivity index (χ2n) is 4.11. The molecule has 1 aliphatic heterocycles. The maximum Gasteiger partial charge on any atom is 0.0319 e. The topological polar surface area (TPSA) is 0 Å². The molecule has 0 radical (unpaired) electrons. The molecule has 1 saturated carbocycles. The Morgan fingerprint density at radius 2 is 1.67 bits per heavy atom. The van der Waals surface area contributed by atoms with Crippen LogP contribution in [-0.4, -0.2) is 10.5 Å². The van der Waals surface area contributed by atoms with E-state index in [1.165, 1.54) is 35.5 Å². The summed E-state index contributed by atoms with van der Waals surface area (Å²) in [5.41, 5.74) is 0. The first-order valence-electron chi connectivity index (χ1n) is 5.52. The number of hydrogen-bond donors (Lipinski definition) is 0. The van der Waals surface area contributed by atoms with Crippen LogP contribution in [0.3, 0.4) is 0 Å². The van der Waals surface area contributed by atoms with Crippen LogP contribution < -0.4 is 0 Å². The van der Waals surface area contributed by atoms with E-state index >= 15 is 0 Å². The van der Waals surface area contributed by atoms with Crippen LogP contribution in [0.1, 0.15) is 25.7 Å². The number of rotatable bonds is 0. The molecule has 1 aromatic rings. The van der Waals surface area contributed by atoms with Crippen molar-refractivity contribution in [3.05, 3.63) is 24.3 Å². The fraction of sp³-hybridized carbons (Fsp3) is 0.500. The molecule has 0 bridgehead atoms. The minimum Gasteiger partial charge on any atom is -0.120 e. The molecule has 0 spiro atoms. The van der Waals surface area contributed by atoms with Gasteiger partial charge in [-0.1, -0.05) is 46.6 Å². The quantitative estimate of drug-likeness (QED) is 0.608. The fourth-order valence-electron chi connectivity index (χ4n) is 2.20. The van der Waals surface area contributed by atoms with Crippen molar-refractivity contribution in [3.8, 4) is 0 Å². The first-order chi connectivity index (χ1) is 7.43. The molecular formula is C12H14S3. The van der Waals surface area contributed by atoms with Crippen LogP contribution >= 0.6 is 33.3 Å². The molecule has 2 aliphatic rings. The molecule has 1 fully saturated rings. The van der Waals surface area contributed by atoms with Gasteiger partial charge in [0, 0.05) is 20.3 Å². The predicted octanol–water partition coefficient (Wildman–Crippen LogP) is 4.84. The molecule has 3 heteroatoms. The number of benzene rings is 1. The van der Waals surface area contributed by atoms with Gasteiger partial charge in [0.2, 0.25) is 0 Å². The molecule has 1 heterocycles. The molecule has 1 aliphatic carbocycles. The van der Waals surface area contributed by atoms with E-state index in [-0.39, 0.29) is 0 Å². The Morgan fingerprint density at radius 3 is 2.53 bits per heavy atom. The first-order valence-corrected chi connectivity index (χ1v) is 8.62. The minimum absolute atomic E-state index is 0.861. The van der Waals surface area contributed by atoms with Gasteiger partial charge in [0.15, 0.2) is 0 Å². The molecule has 0 aromatic heterocycles. The van der Waals surface area contributed by atoms with Gasteiger partial charge in [-0.15, -0.1) is 11.8 Å². The van der Waals surface area contributed by atoms with E-state index in [0.717, 1.165) is 10.5 Å². The Bertz CT molecular complexity index is 350. The lowest BCUT2D eigenvalue weighted by atomic mass is 10.00. The maximum absolute atomic E-state index is 2.28. The normalized spacial score (nSPS) is 30.1. The SMILES string of the molecule is c1ccc2c(c1)SSC1CCCCC1S2. The number of hydrogen-bond acceptors (Lipinski definition) is 3. The van der Waals surface area contributed by atoms with Gasteiger partial charge in [-0.2, -0.15) is 0 Å². The molecule has 2 atom stereocenters. The zero-order valence-corrected chi connectivity index (χ0v) is 11.0. The van der Waals surface area contributed by atoms with Crippen LogP contribution in [0.2, 0.25) is 0 Å². The third-order valence-electron chi connectivity index (χ3n) is 3.03. The van der Waals surface area contributed by atoms with Gasteiger partial charge in [-0.25, -0.2) is 0 Å². The van der Waals surface area contributed by atoms with E-state index in [0.29, 0.717) is 0 Å². The van der Waals surface area contributed by atoms with Crippen molar-refractivity contribution in [1.29, 1.82) is 0 Å². The fourth-order valence-corrected chi connectivity index (χ4v) is 7.26. The first kappa shape index (κ1) is 10.4. The standard InChI is InChI=1S/C12H14S3/c1-3-7-11-9(5-1)13-10-6-2-4-8-12(10)15-14-11/h1,3,5,7,10,12H,2,4,6,8H2. The molecule has 2 unspecified atom stereocenters. The van der Waals surface area contributed by atoms with Gasteiger partial charge in [0.05, 0.1) is 0 Å². The highest BCUT2D eigenvalue weighted by atomic mass is 33.1. The smallest absolute Gasteiger partial charge is 0.0319 e. The largest absolute Gasteiger partial charge is 0.120 e. The van der Waals surface area contributed by atoms with Crippen molar-refractivity contribution < 1.29 is 0 Å². The summed E-state index contributed by atoms with van der Waals surface area (Å²) in [5.74, 6) is 0. The highest BCUT2D eigenvalue weighted by molar-refractivity contribution is 8.77. The molecular weight excluding hydrogens is 240 g/mol. The van der Waals surface area contributed by atoms with E-state index in [9.17, 15) is 0 Å². The van der Waals surface area contributed by atoms with E-state index in [4.69, 9.17) is 0 Å². The number of thioether (sulfide) groups is 1. The van der Waals surface area contributed by atoms with E-state index in [1.807, 2.05) is 10.8 Å². The number of fused-ring (bicyclic) bond motifs is 2. The molecule has 15 heavy (non-hydrogen) atoms. The Balaban J connectivity index is 1.88. The van der Waals surface area contributed by atoms with Crippen molar-refractivity contribution >= 4 is 33.3 Å². The van der Waals surface area contributed by atoms with Crippen molar-refractivity contribution in [2.75, 3.05) is 0 Å². The minimum atomic E-state index is 0.861. The lowest BCUT2D eigenvalue weighted by Crippen LogP contribution is -2.22. The summed E-state index contributed by atoms with van der Waals surface area (Å²) in [6.45, 7) is 0. The highest BCUT2D eigenvalue weighted by Crippen LogP contribution is 2.51. The summed E-state index contributed by atoms with van der Waals surface area (Å²) >= 11 is 2.12. The predicted molar refractivity (Wildman–Crippen MR) is 71.8 cm³/mol. The molecule has 0 N–H and O–H groups in total. The molecule has 1 aromatic carbocycles. The molecule has 0 amide bonds. The average Bonchev–Trinajstić information content (AvgIpc) is 2.48. The maximum atomic E-state index is 2.28. The van der Waals surface area contributed by atoms with Crippen molar-refractivity contribution in [2.24, 2.45) is 0 Å². The summed E-state index contributed by atoms with van der Waals surface area (Å²) in [4.78, 5) is 2.98. The van der Waals surface area contributed by atoms with Crippen LogP contribution in [0.25, 0.3) is 0 Å². The van der Waals surface area contributed by atoms with Crippen molar-refractivity contribution in [1.82, 2.24) is 0 Å². The summed E-state index contributed by atoms with van der Waals surface area (Å²) in [7, 11) is 4.10. The van der Waals surface area contributed by atoms with Gasteiger partial charge in [-0.3, -0.25) is 0 Å². The Morgan fingerprint density at radius 1 is 0.933 bits per heavy atom. The van der Waals surface area contributed by atoms with E-state index in [1.54, 1.807) is 0 Å². The summed E-state index contributed by atoms with van der Waals surface area (Å²) in [6.07, 6.45) is 5.70. The third-order valence-corrected chi connectivity index (χ3v) is 7.82. The van der Waals surface area contributed by atoms with Crippen molar-refractivity contribution in [2.45, 2.75) is 46.0 Å². The highest BCUT2D eigenvalue weighted by Gasteiger charge is 2.30. The third kappa shape index (κ3) is 2.20. The average molecular weight is 254 g/mol. The zero-order chi connectivity index (χ0) is 10.1. The monoisotopic (exact) mass is 254 g/mol. The Hall–Kier alpha value is 0.270. The second kappa shape index (κ2) is 4.64. The van der Waals surface area contributed by atoms with E-state index in [2.05, 4.69) is 46.8 Å². The molecule has 0 saturated heterocycles. The lowest BCUT2D eigenvalue weighted by molar-refractivity contribution is 0.529. The second-order valence-corrected chi connectivity index (χ2v) is 7.87. The van der Waals surface area contributed by atoms with Crippen LogP contribution in [0.5, 0.6) is 0 Å². The van der Waals surface area contributed by atoms with Crippen LogP contribution in [0.4, 0.5) is 0 Å². The van der Waals surface area contributed by atoms with Gasteiger partial charge >= 0.3 is 0 Å². The molecule has 80 valence electrons. The molecule has 3 rings (SSSR count). The molecule has 0 nitrogen and oxygen atoms in total. The van der Waals surface area contributed by atoms with Crippen LogP contribution in [-0.2, 0) is 0 Å². The zero-order valence-electron chi connectivity index (χ0n) is 8.52. The Kier molecular flexibility index (Phi) is 3.23. The van der Waals surface area contributed by atoms with Crippen LogP contribution in [0, 0.1) is 0 Å².